The molecule has 0 radical (unpaired) electrons. The number of methoxy groups -OCH3 is 1. The Morgan fingerprint density at radius 2 is 2.03 bits per heavy atom. The summed E-state index contributed by atoms with van der Waals surface area (Å²) in [6.07, 6.45) is 3.72. The Labute approximate surface area is 190 Å². The molecule has 0 unspecified atom stereocenters. The minimum absolute atomic E-state index is 0.00249. The maximum absolute atomic E-state index is 12.5. The zero-order chi connectivity index (χ0) is 23.9. The predicted octanol–water partition coefficient (Wildman–Crippen LogP) is 4.75. The van der Waals surface area contributed by atoms with Crippen molar-refractivity contribution in [3.05, 3.63) is 69.5 Å². The van der Waals surface area contributed by atoms with E-state index in [0.717, 1.165) is 16.8 Å². The van der Waals surface area contributed by atoms with Gasteiger partial charge in [-0.05, 0) is 44.5 Å². The third-order valence-corrected chi connectivity index (χ3v) is 5.87. The summed E-state index contributed by atoms with van der Waals surface area (Å²) in [7, 11) is 3.62. The van der Waals surface area contributed by atoms with Crippen molar-refractivity contribution in [1.82, 2.24) is 5.43 Å². The second kappa shape index (κ2) is 8.09. The molecule has 0 bridgehead atoms. The van der Waals surface area contributed by atoms with E-state index in [-0.39, 0.29) is 17.0 Å². The lowest BCUT2D eigenvalue weighted by atomic mass is 9.88. The number of benzene rings is 2. The lowest BCUT2D eigenvalue weighted by Crippen LogP contribution is -2.42. The average molecular weight is 448 g/mol. The Kier molecular flexibility index (Phi) is 5.41. The van der Waals surface area contributed by atoms with Crippen molar-refractivity contribution in [2.75, 3.05) is 19.1 Å². The summed E-state index contributed by atoms with van der Waals surface area (Å²) in [6.45, 7) is 6.36. The van der Waals surface area contributed by atoms with Gasteiger partial charge in [-0.25, -0.2) is 5.43 Å². The molecule has 0 fully saturated rings. The summed E-state index contributed by atoms with van der Waals surface area (Å²) < 4.78 is 11.0. The maximum Gasteiger partial charge on any atom is 0.307 e. The highest BCUT2D eigenvalue weighted by atomic mass is 16.6. The lowest BCUT2D eigenvalue weighted by molar-refractivity contribution is -0.384. The van der Waals surface area contributed by atoms with Crippen LogP contribution in [0.3, 0.4) is 0 Å². The van der Waals surface area contributed by atoms with Crippen LogP contribution >= 0.6 is 0 Å². The number of furan rings is 1. The monoisotopic (exact) mass is 448 g/mol. The number of likely N-dealkylation sites (N-methyl/N-ethyl adjacent to an activating group) is 1. The van der Waals surface area contributed by atoms with Crippen molar-refractivity contribution in [3.8, 4) is 5.75 Å². The second-order valence-corrected chi connectivity index (χ2v) is 8.44. The van der Waals surface area contributed by atoms with E-state index in [4.69, 9.17) is 9.15 Å². The van der Waals surface area contributed by atoms with Crippen molar-refractivity contribution in [2.24, 2.45) is 5.10 Å². The predicted molar refractivity (Wildman–Crippen MR) is 127 cm³/mol. The molecule has 1 aromatic heterocycles. The van der Waals surface area contributed by atoms with E-state index in [1.807, 2.05) is 19.2 Å². The number of carbonyl (C=O) groups is 1. The summed E-state index contributed by atoms with van der Waals surface area (Å²) in [6, 6.07) is 9.51. The summed E-state index contributed by atoms with van der Waals surface area (Å²) in [5.41, 5.74) is 6.56. The number of hydrogen-bond acceptors (Lipinski definition) is 7. The number of anilines is 1. The van der Waals surface area contributed by atoms with E-state index in [9.17, 15) is 14.9 Å². The topological polar surface area (TPSA) is 110 Å². The number of rotatable bonds is 5. The highest BCUT2D eigenvalue weighted by Crippen LogP contribution is 2.40. The molecule has 0 saturated carbocycles. The van der Waals surface area contributed by atoms with E-state index in [1.54, 1.807) is 7.11 Å². The highest BCUT2D eigenvalue weighted by molar-refractivity contribution is 5.97. The lowest BCUT2D eigenvalue weighted by Gasteiger charge is -2.40. The van der Waals surface area contributed by atoms with Crippen LogP contribution in [-0.2, 0) is 0 Å². The number of ether oxygens (including phenoxy) is 1. The minimum Gasteiger partial charge on any atom is -0.496 e. The van der Waals surface area contributed by atoms with Crippen LogP contribution in [0.15, 0.2) is 52.0 Å². The molecule has 9 heteroatoms. The zero-order valence-corrected chi connectivity index (χ0v) is 19.0. The number of hydrazone groups is 1. The molecule has 3 aromatic rings. The van der Waals surface area contributed by atoms with Crippen molar-refractivity contribution in [1.29, 1.82) is 0 Å². The standard InChI is InChI=1S/C24H24N4O5/c1-14-12-24(2,3)27(4)19-11-21(32-5)16(9-18(14)19)13-25-26-23(29)22-10-15-8-17(28(30)31)6-7-20(15)33-22/h6-13H,1-5H3,(H,26,29)/b25-13-. The quantitative estimate of drug-likeness (QED) is 0.343. The SMILES string of the molecule is COc1cc2c(cc1/C=N\NC(=O)c1cc3cc([N+](=O)[O-])ccc3o1)C(C)=CC(C)(C)N2C. The average Bonchev–Trinajstić information content (AvgIpc) is 3.20. The Hall–Kier alpha value is -4.14. The van der Waals surface area contributed by atoms with Gasteiger partial charge in [0.15, 0.2) is 5.76 Å². The van der Waals surface area contributed by atoms with Gasteiger partial charge < -0.3 is 14.1 Å². The first-order valence-electron chi connectivity index (χ1n) is 10.3. The largest absolute Gasteiger partial charge is 0.496 e. The summed E-state index contributed by atoms with van der Waals surface area (Å²) in [5.74, 6) is 0.0578. The smallest absolute Gasteiger partial charge is 0.307 e. The molecular weight excluding hydrogens is 424 g/mol. The molecule has 1 aliphatic heterocycles. The molecule has 1 N–H and O–H groups in total. The molecule has 1 amide bonds. The van der Waals surface area contributed by atoms with E-state index in [1.165, 1.54) is 30.5 Å². The molecule has 0 atom stereocenters. The molecule has 1 aliphatic rings. The number of hydrogen-bond donors (Lipinski definition) is 1. The van der Waals surface area contributed by atoms with Crippen LogP contribution in [-0.4, -0.2) is 36.7 Å². The van der Waals surface area contributed by atoms with Gasteiger partial charge in [0, 0.05) is 47.4 Å². The molecule has 4 rings (SSSR count). The Balaban J connectivity index is 1.57. The summed E-state index contributed by atoms with van der Waals surface area (Å²) in [5, 5.41) is 15.5. The molecule has 170 valence electrons. The van der Waals surface area contributed by atoms with Gasteiger partial charge in [0.25, 0.3) is 5.69 Å². The van der Waals surface area contributed by atoms with Crippen LogP contribution in [0.25, 0.3) is 16.5 Å². The van der Waals surface area contributed by atoms with Crippen LogP contribution in [0, 0.1) is 10.1 Å². The van der Waals surface area contributed by atoms with E-state index in [0.29, 0.717) is 22.3 Å². The first kappa shape index (κ1) is 22.1. The number of amides is 1. The van der Waals surface area contributed by atoms with Crippen LogP contribution in [0.1, 0.15) is 42.5 Å². The maximum atomic E-state index is 12.5. The fraction of sp³-hybridized carbons (Fsp3) is 0.250. The van der Waals surface area contributed by atoms with Crippen molar-refractivity contribution < 1.29 is 18.9 Å². The third kappa shape index (κ3) is 4.05. The number of nitrogens with zero attached hydrogens (tertiary/aromatic N) is 3. The normalized spacial score (nSPS) is 14.8. The third-order valence-electron chi connectivity index (χ3n) is 5.87. The molecule has 2 heterocycles. The summed E-state index contributed by atoms with van der Waals surface area (Å²) in [4.78, 5) is 25.1. The van der Waals surface area contributed by atoms with Gasteiger partial charge in [0.1, 0.15) is 11.3 Å². The van der Waals surface area contributed by atoms with Gasteiger partial charge in [0.2, 0.25) is 0 Å². The molecule has 2 aromatic carbocycles. The van der Waals surface area contributed by atoms with Gasteiger partial charge in [-0.1, -0.05) is 6.08 Å². The van der Waals surface area contributed by atoms with E-state index < -0.39 is 10.8 Å². The number of fused-ring (bicyclic) bond motifs is 2. The molecule has 0 aliphatic carbocycles. The Morgan fingerprint density at radius 1 is 1.27 bits per heavy atom. The minimum atomic E-state index is -0.570. The number of allylic oxidation sites excluding steroid dienone is 1. The van der Waals surface area contributed by atoms with Crippen molar-refractivity contribution in [3.63, 3.8) is 0 Å². The number of carbonyl (C=O) groups excluding carboxylic acids is 1. The highest BCUT2D eigenvalue weighted by Gasteiger charge is 2.29. The number of nitro groups is 1. The van der Waals surface area contributed by atoms with Crippen LogP contribution in [0.5, 0.6) is 5.75 Å². The fourth-order valence-corrected chi connectivity index (χ4v) is 3.94. The van der Waals surface area contributed by atoms with E-state index in [2.05, 4.69) is 42.3 Å². The number of non-ortho nitro benzene ring substituents is 1. The van der Waals surface area contributed by atoms with Crippen LogP contribution < -0.4 is 15.1 Å². The van der Waals surface area contributed by atoms with Crippen molar-refractivity contribution in [2.45, 2.75) is 26.3 Å². The first-order valence-corrected chi connectivity index (χ1v) is 10.3. The molecule has 33 heavy (non-hydrogen) atoms. The summed E-state index contributed by atoms with van der Waals surface area (Å²) >= 11 is 0. The van der Waals surface area contributed by atoms with Gasteiger partial charge in [-0.2, -0.15) is 5.10 Å². The Morgan fingerprint density at radius 3 is 2.73 bits per heavy atom. The molecule has 9 nitrogen and oxygen atoms in total. The molecule has 0 saturated heterocycles. The van der Waals surface area contributed by atoms with Gasteiger partial charge in [-0.3, -0.25) is 14.9 Å². The van der Waals surface area contributed by atoms with Crippen LogP contribution in [0.2, 0.25) is 0 Å². The fourth-order valence-electron chi connectivity index (χ4n) is 3.94. The zero-order valence-electron chi connectivity index (χ0n) is 19.0. The first-order chi connectivity index (χ1) is 15.6. The van der Waals surface area contributed by atoms with Gasteiger partial charge in [-0.15, -0.1) is 0 Å². The van der Waals surface area contributed by atoms with E-state index >= 15 is 0 Å². The van der Waals surface area contributed by atoms with Gasteiger partial charge in [0.05, 0.1) is 23.8 Å². The molecular formula is C24H24N4O5. The Bertz CT molecular complexity index is 1340. The molecule has 0 spiro atoms. The van der Waals surface area contributed by atoms with Crippen LogP contribution in [0.4, 0.5) is 11.4 Å². The second-order valence-electron chi connectivity index (χ2n) is 8.44. The van der Waals surface area contributed by atoms with Gasteiger partial charge >= 0.3 is 5.91 Å². The van der Waals surface area contributed by atoms with Crippen molar-refractivity contribution >= 4 is 40.0 Å². The number of nitrogens with one attached hydrogen (secondary N) is 1. The number of nitro benzene ring substituents is 1.